The van der Waals surface area contributed by atoms with E-state index in [0.29, 0.717) is 28.8 Å². The Kier molecular flexibility index (Phi) is 8.71. The lowest BCUT2D eigenvalue weighted by Gasteiger charge is -2.42. The molecule has 2 aliphatic rings. The fourth-order valence-corrected chi connectivity index (χ4v) is 5.72. The van der Waals surface area contributed by atoms with Crippen LogP contribution in [-0.4, -0.2) is 56.7 Å². The minimum absolute atomic E-state index is 0.0166. The van der Waals surface area contributed by atoms with Gasteiger partial charge in [-0.3, -0.25) is 14.9 Å². The number of halogens is 6. The molecule has 2 N–H and O–H groups in total. The molecule has 224 valence electrons. The molecule has 41 heavy (non-hydrogen) atoms. The number of rotatable bonds is 7. The second-order valence-electron chi connectivity index (χ2n) is 9.92. The van der Waals surface area contributed by atoms with Crippen LogP contribution >= 0.6 is 0 Å². The molecular weight excluding hydrogens is 580 g/mol. The standard InChI is InChI=1S/C26H27F6N3O5S/c1-15(36)35-13-17-12-16(14-41(38)39)2-7-21(17)22(35)23(37)33-19-5-3-18(4-6-19)24(25(27,28)29,26(30,31)32)34-20-8-10-40-11-9-20/h2-7,12,20,22,34,41H,8-11,13-14H2,1H3,(H,33,37). The van der Waals surface area contributed by atoms with Crippen molar-refractivity contribution in [1.82, 2.24) is 10.2 Å². The molecule has 1 fully saturated rings. The van der Waals surface area contributed by atoms with E-state index in [2.05, 4.69) is 5.32 Å². The van der Waals surface area contributed by atoms with Gasteiger partial charge in [-0.2, -0.15) is 26.3 Å². The highest BCUT2D eigenvalue weighted by atomic mass is 32.2. The van der Waals surface area contributed by atoms with Crippen LogP contribution in [0.25, 0.3) is 0 Å². The molecule has 0 aromatic heterocycles. The molecule has 15 heteroatoms. The number of nitrogens with zero attached hydrogens (tertiary/aromatic N) is 1. The first-order valence-electron chi connectivity index (χ1n) is 12.5. The normalized spacial score (nSPS) is 18.4. The van der Waals surface area contributed by atoms with E-state index in [9.17, 15) is 44.3 Å². The molecule has 2 amide bonds. The van der Waals surface area contributed by atoms with Crippen molar-refractivity contribution in [3.8, 4) is 0 Å². The zero-order valence-corrected chi connectivity index (χ0v) is 22.5. The second kappa shape index (κ2) is 11.6. The molecule has 0 saturated carbocycles. The summed E-state index contributed by atoms with van der Waals surface area (Å²) < 4.78 is 113. The summed E-state index contributed by atoms with van der Waals surface area (Å²) in [6.07, 6.45) is -11.6. The average molecular weight is 608 g/mol. The third-order valence-corrected chi connectivity index (χ3v) is 7.82. The van der Waals surface area contributed by atoms with E-state index in [-0.39, 0.29) is 44.0 Å². The molecule has 8 nitrogen and oxygen atoms in total. The SMILES string of the molecule is CC(=O)N1Cc2cc(C[SH](=O)=O)ccc2C1C(=O)Nc1ccc(C(NC2CCOCC2)(C(F)(F)F)C(F)(F)F)cc1. The molecular formula is C26H27F6N3O5S. The van der Waals surface area contributed by atoms with E-state index in [1.165, 1.54) is 24.0 Å². The van der Waals surface area contributed by atoms with Crippen molar-refractivity contribution in [2.45, 2.75) is 62.0 Å². The van der Waals surface area contributed by atoms with Crippen molar-refractivity contribution in [3.63, 3.8) is 0 Å². The Morgan fingerprint density at radius 1 is 0.976 bits per heavy atom. The largest absolute Gasteiger partial charge is 0.419 e. The molecule has 4 rings (SSSR count). The third-order valence-electron chi connectivity index (χ3n) is 7.20. The Hall–Kier alpha value is -3.17. The van der Waals surface area contributed by atoms with Gasteiger partial charge < -0.3 is 15.0 Å². The molecule has 1 atom stereocenters. The van der Waals surface area contributed by atoms with E-state index in [1.54, 1.807) is 6.07 Å². The molecule has 2 aromatic carbocycles. The summed E-state index contributed by atoms with van der Waals surface area (Å²) in [6.45, 7) is 1.30. The van der Waals surface area contributed by atoms with Crippen LogP contribution < -0.4 is 10.6 Å². The number of ether oxygens (including phenoxy) is 1. The van der Waals surface area contributed by atoms with Gasteiger partial charge in [0.1, 0.15) is 16.7 Å². The van der Waals surface area contributed by atoms with Gasteiger partial charge in [-0.25, -0.2) is 8.42 Å². The summed E-state index contributed by atoms with van der Waals surface area (Å²) in [5, 5.41) is 4.28. The molecule has 0 bridgehead atoms. The number of carbonyl (C=O) groups is 2. The van der Waals surface area contributed by atoms with E-state index in [1.807, 2.05) is 5.32 Å². The Morgan fingerprint density at radius 3 is 2.12 bits per heavy atom. The molecule has 0 radical (unpaired) electrons. The van der Waals surface area contributed by atoms with Gasteiger partial charge in [0.15, 0.2) is 0 Å². The molecule has 1 saturated heterocycles. The predicted octanol–water partition coefficient (Wildman–Crippen LogP) is 3.93. The van der Waals surface area contributed by atoms with Crippen LogP contribution in [0, 0.1) is 0 Å². The highest BCUT2D eigenvalue weighted by Gasteiger charge is 2.72. The number of carbonyl (C=O) groups excluding carboxylic acids is 2. The van der Waals surface area contributed by atoms with E-state index in [4.69, 9.17) is 4.74 Å². The molecule has 0 aliphatic carbocycles. The smallest absolute Gasteiger partial charge is 0.381 e. The molecule has 0 spiro atoms. The first-order valence-corrected chi connectivity index (χ1v) is 13.9. The van der Waals surface area contributed by atoms with Crippen LogP contribution in [-0.2, 0) is 42.9 Å². The van der Waals surface area contributed by atoms with Gasteiger partial charge in [0, 0.05) is 38.4 Å². The lowest BCUT2D eigenvalue weighted by Crippen LogP contribution is -2.66. The zero-order chi connectivity index (χ0) is 30.2. The van der Waals surface area contributed by atoms with Crippen LogP contribution in [0.4, 0.5) is 32.0 Å². The van der Waals surface area contributed by atoms with Gasteiger partial charge in [-0.1, -0.05) is 30.3 Å². The minimum atomic E-state index is -5.75. The Morgan fingerprint density at radius 2 is 1.59 bits per heavy atom. The Labute approximate surface area is 233 Å². The highest BCUT2D eigenvalue weighted by molar-refractivity contribution is 7.71. The first kappa shape index (κ1) is 30.8. The average Bonchev–Trinajstić information content (AvgIpc) is 3.26. The number of nitrogens with one attached hydrogen (secondary N) is 2. The maximum atomic E-state index is 14.2. The summed E-state index contributed by atoms with van der Waals surface area (Å²) in [7, 11) is -2.71. The molecule has 2 aliphatic heterocycles. The van der Waals surface area contributed by atoms with Crippen molar-refractivity contribution in [1.29, 1.82) is 0 Å². The van der Waals surface area contributed by atoms with Crippen molar-refractivity contribution >= 4 is 28.2 Å². The number of anilines is 1. The monoisotopic (exact) mass is 607 g/mol. The fourth-order valence-electron chi connectivity index (χ4n) is 5.23. The zero-order valence-electron chi connectivity index (χ0n) is 21.6. The second-order valence-corrected chi connectivity index (χ2v) is 10.9. The van der Waals surface area contributed by atoms with E-state index < -0.39 is 58.1 Å². The summed E-state index contributed by atoms with van der Waals surface area (Å²) in [5.74, 6) is -1.44. The predicted molar refractivity (Wildman–Crippen MR) is 135 cm³/mol. The molecule has 2 aromatic rings. The number of alkyl halides is 6. The quantitative estimate of drug-likeness (QED) is 0.326. The maximum Gasteiger partial charge on any atom is 0.419 e. The fraction of sp³-hybridized carbons (Fsp3) is 0.462. The van der Waals surface area contributed by atoms with Gasteiger partial charge >= 0.3 is 12.4 Å². The number of thiol groups is 1. The lowest BCUT2D eigenvalue weighted by atomic mass is 9.86. The van der Waals surface area contributed by atoms with Gasteiger partial charge in [0.25, 0.3) is 5.91 Å². The summed E-state index contributed by atoms with van der Waals surface area (Å²) in [4.78, 5) is 26.7. The van der Waals surface area contributed by atoms with Crippen LogP contribution in [0.3, 0.4) is 0 Å². The van der Waals surface area contributed by atoms with Gasteiger partial charge in [-0.15, -0.1) is 0 Å². The number of hydrogen-bond acceptors (Lipinski definition) is 6. The number of fused-ring (bicyclic) bond motifs is 1. The van der Waals surface area contributed by atoms with Gasteiger partial charge in [0.2, 0.25) is 11.4 Å². The first-order chi connectivity index (χ1) is 19.1. The summed E-state index contributed by atoms with van der Waals surface area (Å²) >= 11 is 0. The van der Waals surface area contributed by atoms with Crippen LogP contribution in [0.15, 0.2) is 42.5 Å². The summed E-state index contributed by atoms with van der Waals surface area (Å²) in [6, 6.07) is 5.54. The van der Waals surface area contributed by atoms with Crippen LogP contribution in [0.5, 0.6) is 0 Å². The number of benzene rings is 2. The van der Waals surface area contributed by atoms with E-state index >= 15 is 0 Å². The summed E-state index contributed by atoms with van der Waals surface area (Å²) in [5.41, 5.74) is -4.10. The van der Waals surface area contributed by atoms with Crippen molar-refractivity contribution in [2.75, 3.05) is 18.5 Å². The highest BCUT2D eigenvalue weighted by Crippen LogP contribution is 2.51. The molecule has 1 unspecified atom stereocenters. The van der Waals surface area contributed by atoms with Gasteiger partial charge in [-0.05, 0) is 47.2 Å². The van der Waals surface area contributed by atoms with Crippen LogP contribution in [0.2, 0.25) is 0 Å². The van der Waals surface area contributed by atoms with Gasteiger partial charge in [0.05, 0.1) is 5.75 Å². The van der Waals surface area contributed by atoms with Crippen molar-refractivity contribution < 1.29 is 49.1 Å². The topological polar surface area (TPSA) is 105 Å². The number of hydrogen-bond donors (Lipinski definition) is 3. The molecule has 2 heterocycles. The third kappa shape index (κ3) is 6.21. The van der Waals surface area contributed by atoms with Crippen LogP contribution in [0.1, 0.15) is 48.1 Å². The Balaban J connectivity index is 1.62. The van der Waals surface area contributed by atoms with E-state index in [0.717, 1.165) is 12.1 Å². The number of amides is 2. The Bertz CT molecular complexity index is 1350. The maximum absolute atomic E-state index is 14.2. The lowest BCUT2D eigenvalue weighted by molar-refractivity contribution is -0.317. The van der Waals surface area contributed by atoms with Crippen molar-refractivity contribution in [3.05, 3.63) is 64.7 Å². The minimum Gasteiger partial charge on any atom is -0.381 e. The van der Waals surface area contributed by atoms with Crippen molar-refractivity contribution in [2.24, 2.45) is 0 Å².